The highest BCUT2D eigenvalue weighted by Crippen LogP contribution is 2.15. The maximum atomic E-state index is 5.74. The predicted octanol–water partition coefficient (Wildman–Crippen LogP) is 2.33. The third kappa shape index (κ3) is 8.85. The van der Waals surface area contributed by atoms with Gasteiger partial charge in [0.1, 0.15) is 0 Å². The minimum atomic E-state index is -0.146. The first kappa shape index (κ1) is 14.9. The molecular weight excluding hydrogens is 190 g/mol. The summed E-state index contributed by atoms with van der Waals surface area (Å²) in [7, 11) is 0. The summed E-state index contributed by atoms with van der Waals surface area (Å²) in [4.78, 5) is 0. The van der Waals surface area contributed by atoms with E-state index in [4.69, 9.17) is 15.2 Å². The van der Waals surface area contributed by atoms with Crippen molar-refractivity contribution >= 4 is 0 Å². The van der Waals surface area contributed by atoms with Crippen LogP contribution in [-0.2, 0) is 9.47 Å². The molecule has 0 aromatic carbocycles. The Balaban J connectivity index is 3.57. The third-order valence-electron chi connectivity index (χ3n) is 2.37. The van der Waals surface area contributed by atoms with Gasteiger partial charge >= 0.3 is 0 Å². The van der Waals surface area contributed by atoms with E-state index in [2.05, 4.69) is 27.7 Å². The van der Waals surface area contributed by atoms with Crippen molar-refractivity contribution in [2.24, 2.45) is 5.73 Å². The zero-order valence-electron chi connectivity index (χ0n) is 10.9. The molecule has 2 atom stereocenters. The number of rotatable bonds is 8. The molecule has 3 nitrogen and oxygen atoms in total. The van der Waals surface area contributed by atoms with Crippen molar-refractivity contribution in [2.75, 3.05) is 13.2 Å². The van der Waals surface area contributed by atoms with Gasteiger partial charge in [0, 0.05) is 6.04 Å². The zero-order valence-corrected chi connectivity index (χ0v) is 10.9. The molecule has 0 bridgehead atoms. The summed E-state index contributed by atoms with van der Waals surface area (Å²) in [6.07, 6.45) is 2.24. The molecule has 92 valence electrons. The molecule has 2 N–H and O–H groups in total. The van der Waals surface area contributed by atoms with Gasteiger partial charge in [-0.15, -0.1) is 0 Å². The van der Waals surface area contributed by atoms with Crippen molar-refractivity contribution in [3.05, 3.63) is 0 Å². The van der Waals surface area contributed by atoms with Gasteiger partial charge in [-0.1, -0.05) is 6.92 Å². The molecule has 0 heterocycles. The molecule has 0 saturated carbocycles. The first-order chi connectivity index (χ1) is 6.87. The fourth-order valence-corrected chi connectivity index (χ4v) is 1.52. The Morgan fingerprint density at radius 1 is 1.20 bits per heavy atom. The Bertz CT molecular complexity index is 158. The van der Waals surface area contributed by atoms with Crippen LogP contribution in [0.4, 0.5) is 0 Å². The molecule has 0 fully saturated rings. The Kier molecular flexibility index (Phi) is 7.14. The fraction of sp³-hybridized carbons (Fsp3) is 1.00. The molecular formula is C12H27NO2. The van der Waals surface area contributed by atoms with Crippen molar-refractivity contribution in [1.82, 2.24) is 0 Å². The summed E-state index contributed by atoms with van der Waals surface area (Å²) >= 11 is 0. The van der Waals surface area contributed by atoms with Crippen molar-refractivity contribution in [3.63, 3.8) is 0 Å². The third-order valence-corrected chi connectivity index (χ3v) is 2.37. The summed E-state index contributed by atoms with van der Waals surface area (Å²) in [5.74, 6) is 0. The topological polar surface area (TPSA) is 44.5 Å². The molecule has 0 rings (SSSR count). The minimum absolute atomic E-state index is 0.146. The molecule has 2 unspecified atom stereocenters. The summed E-state index contributed by atoms with van der Waals surface area (Å²) in [6, 6.07) is 0.176. The van der Waals surface area contributed by atoms with E-state index in [1.807, 2.05) is 6.92 Å². The number of ether oxygens (including phenoxy) is 2. The summed E-state index contributed by atoms with van der Waals surface area (Å²) in [5.41, 5.74) is 5.60. The number of nitrogens with two attached hydrogens (primary N) is 1. The Morgan fingerprint density at radius 3 is 2.27 bits per heavy atom. The van der Waals surface area contributed by atoms with E-state index in [0.717, 1.165) is 12.8 Å². The van der Waals surface area contributed by atoms with E-state index in [1.165, 1.54) is 0 Å². The lowest BCUT2D eigenvalue weighted by Gasteiger charge is -2.27. The van der Waals surface area contributed by atoms with Gasteiger partial charge in [-0.3, -0.25) is 0 Å². The van der Waals surface area contributed by atoms with Gasteiger partial charge in [0.2, 0.25) is 0 Å². The molecule has 0 spiro atoms. The van der Waals surface area contributed by atoms with Crippen LogP contribution in [0, 0.1) is 0 Å². The van der Waals surface area contributed by atoms with E-state index in [9.17, 15) is 0 Å². The molecule has 0 aliphatic carbocycles. The van der Waals surface area contributed by atoms with Crippen LogP contribution in [0.15, 0.2) is 0 Å². The number of hydrogen-bond donors (Lipinski definition) is 1. The monoisotopic (exact) mass is 217 g/mol. The smallest absolute Gasteiger partial charge is 0.0707 e. The first-order valence-corrected chi connectivity index (χ1v) is 5.88. The molecule has 0 aromatic heterocycles. The van der Waals surface area contributed by atoms with E-state index >= 15 is 0 Å². The van der Waals surface area contributed by atoms with Gasteiger partial charge in [0.15, 0.2) is 0 Å². The van der Waals surface area contributed by atoms with Crippen molar-refractivity contribution in [3.8, 4) is 0 Å². The van der Waals surface area contributed by atoms with Crippen LogP contribution in [0.1, 0.15) is 47.5 Å². The van der Waals surface area contributed by atoms with Gasteiger partial charge in [-0.25, -0.2) is 0 Å². The van der Waals surface area contributed by atoms with Gasteiger partial charge in [0.25, 0.3) is 0 Å². The van der Waals surface area contributed by atoms with Crippen LogP contribution in [0.3, 0.4) is 0 Å². The maximum Gasteiger partial charge on any atom is 0.0707 e. The summed E-state index contributed by atoms with van der Waals surface area (Å²) in [5, 5.41) is 0. The lowest BCUT2D eigenvalue weighted by atomic mass is 10.0. The highest BCUT2D eigenvalue weighted by atomic mass is 16.5. The van der Waals surface area contributed by atoms with E-state index < -0.39 is 0 Å². The quantitative estimate of drug-likeness (QED) is 0.635. The molecule has 0 aliphatic heterocycles. The van der Waals surface area contributed by atoms with Gasteiger partial charge < -0.3 is 15.2 Å². The lowest BCUT2D eigenvalue weighted by Crippen LogP contribution is -2.34. The molecule has 0 amide bonds. The van der Waals surface area contributed by atoms with Gasteiger partial charge in [-0.2, -0.15) is 0 Å². The normalized spacial score (nSPS) is 16.4. The highest BCUT2D eigenvalue weighted by molar-refractivity contribution is 4.73. The standard InChI is InChI=1S/C12H27NO2/c1-6-11(3)14-7-8-15-12(4,5)9-10(2)13/h10-11H,6-9,13H2,1-5H3. The van der Waals surface area contributed by atoms with Crippen LogP contribution >= 0.6 is 0 Å². The molecule has 3 heteroatoms. The van der Waals surface area contributed by atoms with Crippen LogP contribution in [0.5, 0.6) is 0 Å². The second-order valence-electron chi connectivity index (χ2n) is 4.88. The second-order valence-corrected chi connectivity index (χ2v) is 4.88. The average Bonchev–Trinajstić information content (AvgIpc) is 2.10. The SMILES string of the molecule is CCC(C)OCCOC(C)(C)CC(C)N. The van der Waals surface area contributed by atoms with E-state index in [1.54, 1.807) is 0 Å². The molecule has 0 radical (unpaired) electrons. The van der Waals surface area contributed by atoms with Gasteiger partial charge in [0.05, 0.1) is 24.9 Å². The van der Waals surface area contributed by atoms with Crippen LogP contribution < -0.4 is 5.73 Å². The largest absolute Gasteiger partial charge is 0.376 e. The lowest BCUT2D eigenvalue weighted by molar-refractivity contribution is -0.0635. The minimum Gasteiger partial charge on any atom is -0.376 e. The van der Waals surface area contributed by atoms with E-state index in [-0.39, 0.29) is 11.6 Å². The van der Waals surface area contributed by atoms with Crippen LogP contribution in [0.25, 0.3) is 0 Å². The highest BCUT2D eigenvalue weighted by Gasteiger charge is 2.19. The molecule has 0 aliphatic rings. The van der Waals surface area contributed by atoms with Crippen molar-refractivity contribution < 1.29 is 9.47 Å². The molecule has 0 saturated heterocycles. The van der Waals surface area contributed by atoms with Gasteiger partial charge in [-0.05, 0) is 40.5 Å². The van der Waals surface area contributed by atoms with E-state index in [0.29, 0.717) is 19.3 Å². The van der Waals surface area contributed by atoms with Crippen molar-refractivity contribution in [2.45, 2.75) is 65.2 Å². The second kappa shape index (κ2) is 7.20. The summed E-state index contributed by atoms with van der Waals surface area (Å²) in [6.45, 7) is 11.6. The Morgan fingerprint density at radius 2 is 1.80 bits per heavy atom. The molecule has 15 heavy (non-hydrogen) atoms. The Hall–Kier alpha value is -0.120. The number of hydrogen-bond acceptors (Lipinski definition) is 3. The zero-order chi connectivity index (χ0) is 11.9. The van der Waals surface area contributed by atoms with Crippen molar-refractivity contribution in [1.29, 1.82) is 0 Å². The fourth-order valence-electron chi connectivity index (χ4n) is 1.52. The summed E-state index contributed by atoms with van der Waals surface area (Å²) < 4.78 is 11.3. The Labute approximate surface area is 94.3 Å². The average molecular weight is 217 g/mol. The predicted molar refractivity (Wildman–Crippen MR) is 64.0 cm³/mol. The first-order valence-electron chi connectivity index (χ1n) is 5.88. The van der Waals surface area contributed by atoms with Crippen LogP contribution in [-0.4, -0.2) is 31.0 Å². The van der Waals surface area contributed by atoms with Crippen LogP contribution in [0.2, 0.25) is 0 Å². The molecule has 0 aromatic rings. The maximum absolute atomic E-state index is 5.74.